The molecule has 3 N–H and O–H groups in total. The normalized spacial score (nSPS) is 15.5. The van der Waals surface area contributed by atoms with Crippen molar-refractivity contribution in [3.63, 3.8) is 0 Å². The second kappa shape index (κ2) is 9.75. The van der Waals surface area contributed by atoms with Crippen LogP contribution in [0.15, 0.2) is 52.6 Å². The number of amides is 2. The highest BCUT2D eigenvalue weighted by Gasteiger charge is 2.28. The van der Waals surface area contributed by atoms with E-state index in [9.17, 15) is 9.59 Å². The fourth-order valence-electron chi connectivity index (χ4n) is 2.70. The van der Waals surface area contributed by atoms with Crippen LogP contribution in [0.2, 0.25) is 5.02 Å². The van der Waals surface area contributed by atoms with Crippen molar-refractivity contribution in [3.8, 4) is 11.5 Å². The van der Waals surface area contributed by atoms with Crippen LogP contribution in [-0.2, 0) is 9.59 Å². The maximum absolute atomic E-state index is 12.2. The van der Waals surface area contributed by atoms with Crippen molar-refractivity contribution in [2.45, 2.75) is 12.5 Å². The van der Waals surface area contributed by atoms with Crippen molar-refractivity contribution < 1.29 is 19.1 Å². The number of methoxy groups -OCH3 is 2. The van der Waals surface area contributed by atoms with Gasteiger partial charge >= 0.3 is 0 Å². The molecule has 9 nitrogen and oxygen atoms in total. The number of aliphatic imine (C=N–C) groups is 1. The highest BCUT2D eigenvalue weighted by molar-refractivity contribution is 6.30. The van der Waals surface area contributed by atoms with E-state index in [1.54, 1.807) is 56.7 Å². The third-order valence-electron chi connectivity index (χ3n) is 4.11. The molecular weight excluding hydrogens is 410 g/mol. The average Bonchev–Trinajstić information content (AvgIpc) is 3.06. The first-order chi connectivity index (χ1) is 14.5. The van der Waals surface area contributed by atoms with Gasteiger partial charge in [-0.05, 0) is 42.0 Å². The minimum Gasteiger partial charge on any atom is -0.493 e. The third kappa shape index (κ3) is 5.48. The van der Waals surface area contributed by atoms with E-state index in [-0.39, 0.29) is 24.2 Å². The summed E-state index contributed by atoms with van der Waals surface area (Å²) in [6, 6.07) is 11.2. The fourth-order valence-corrected chi connectivity index (χ4v) is 2.89. The van der Waals surface area contributed by atoms with E-state index in [1.165, 1.54) is 6.21 Å². The van der Waals surface area contributed by atoms with Gasteiger partial charge in [-0.2, -0.15) is 5.10 Å². The number of hydrazone groups is 1. The van der Waals surface area contributed by atoms with Gasteiger partial charge in [0.05, 0.1) is 26.9 Å². The van der Waals surface area contributed by atoms with E-state index in [0.717, 1.165) is 5.56 Å². The van der Waals surface area contributed by atoms with Crippen molar-refractivity contribution in [1.29, 1.82) is 0 Å². The molecule has 0 radical (unpaired) electrons. The van der Waals surface area contributed by atoms with Crippen LogP contribution in [0.25, 0.3) is 0 Å². The monoisotopic (exact) mass is 429 g/mol. The van der Waals surface area contributed by atoms with Gasteiger partial charge in [0.1, 0.15) is 6.04 Å². The first-order valence-corrected chi connectivity index (χ1v) is 9.31. The van der Waals surface area contributed by atoms with Crippen molar-refractivity contribution in [3.05, 3.63) is 53.1 Å². The topological polar surface area (TPSA) is 113 Å². The first-order valence-electron chi connectivity index (χ1n) is 8.93. The molecule has 1 heterocycles. The Morgan fingerprint density at radius 2 is 2.03 bits per heavy atom. The zero-order chi connectivity index (χ0) is 21.5. The predicted octanol–water partition coefficient (Wildman–Crippen LogP) is 2.16. The van der Waals surface area contributed by atoms with Crippen LogP contribution in [-0.4, -0.2) is 44.2 Å². The summed E-state index contributed by atoms with van der Waals surface area (Å²) in [5.41, 5.74) is 3.95. The van der Waals surface area contributed by atoms with Gasteiger partial charge < -0.3 is 14.8 Å². The maximum Gasteiger partial charge on any atom is 0.252 e. The summed E-state index contributed by atoms with van der Waals surface area (Å²) in [6.07, 6.45) is 1.43. The molecule has 1 atom stereocenters. The Morgan fingerprint density at radius 3 is 2.77 bits per heavy atom. The van der Waals surface area contributed by atoms with Gasteiger partial charge in [0.25, 0.3) is 5.91 Å². The van der Waals surface area contributed by atoms with E-state index in [2.05, 4.69) is 26.2 Å². The smallest absolute Gasteiger partial charge is 0.252 e. The van der Waals surface area contributed by atoms with Crippen molar-refractivity contribution in [2.75, 3.05) is 19.5 Å². The summed E-state index contributed by atoms with van der Waals surface area (Å²) in [7, 11) is 3.10. The van der Waals surface area contributed by atoms with Gasteiger partial charge in [-0.15, -0.1) is 0 Å². The van der Waals surface area contributed by atoms with Crippen LogP contribution in [0.1, 0.15) is 12.0 Å². The number of nitrogens with zero attached hydrogens (tertiary/aromatic N) is 2. The molecular formula is C20H20ClN5O4. The van der Waals surface area contributed by atoms with E-state index in [4.69, 9.17) is 21.1 Å². The van der Waals surface area contributed by atoms with Crippen molar-refractivity contribution in [1.82, 2.24) is 10.7 Å². The molecule has 0 aromatic heterocycles. The highest BCUT2D eigenvalue weighted by Crippen LogP contribution is 2.26. The lowest BCUT2D eigenvalue weighted by atomic mass is 10.2. The number of ether oxygens (including phenoxy) is 2. The average molecular weight is 430 g/mol. The molecule has 10 heteroatoms. The second-order valence-corrected chi connectivity index (χ2v) is 6.67. The number of halogens is 1. The molecule has 2 aromatic carbocycles. The third-order valence-corrected chi connectivity index (χ3v) is 4.34. The van der Waals surface area contributed by atoms with Crippen LogP contribution in [0.5, 0.6) is 11.5 Å². The molecule has 0 bridgehead atoms. The first kappa shape index (κ1) is 21.1. The Bertz CT molecular complexity index is 1010. The summed E-state index contributed by atoms with van der Waals surface area (Å²) in [5, 5.41) is 9.79. The van der Waals surface area contributed by atoms with Gasteiger partial charge in [0.2, 0.25) is 11.9 Å². The largest absolute Gasteiger partial charge is 0.493 e. The molecule has 0 spiro atoms. The molecule has 1 aliphatic rings. The number of hydrogen-bond donors (Lipinski definition) is 3. The van der Waals surface area contributed by atoms with Gasteiger partial charge in [-0.25, -0.2) is 10.4 Å². The number of carbonyl (C=O) groups excluding carboxylic acids is 2. The summed E-state index contributed by atoms with van der Waals surface area (Å²) in [5.74, 6) is 0.598. The summed E-state index contributed by atoms with van der Waals surface area (Å²) in [6.45, 7) is 0. The minimum atomic E-state index is -0.844. The number of hydrogen-bond acceptors (Lipinski definition) is 7. The predicted molar refractivity (Wildman–Crippen MR) is 114 cm³/mol. The van der Waals surface area contributed by atoms with Crippen LogP contribution in [0.3, 0.4) is 0 Å². The lowest BCUT2D eigenvalue weighted by molar-refractivity contribution is -0.123. The zero-order valence-corrected chi connectivity index (χ0v) is 17.1. The van der Waals surface area contributed by atoms with Crippen LogP contribution < -0.4 is 25.5 Å². The summed E-state index contributed by atoms with van der Waals surface area (Å²) >= 11 is 5.89. The Kier molecular flexibility index (Phi) is 6.87. The number of guanidine groups is 1. The molecule has 3 rings (SSSR count). The fraction of sp³-hybridized carbons (Fsp3) is 0.200. The van der Waals surface area contributed by atoms with Crippen molar-refractivity contribution >= 4 is 41.3 Å². The molecule has 156 valence electrons. The summed E-state index contributed by atoms with van der Waals surface area (Å²) < 4.78 is 10.4. The van der Waals surface area contributed by atoms with Gasteiger partial charge in [-0.3, -0.25) is 14.9 Å². The van der Waals surface area contributed by atoms with E-state index in [1.807, 2.05) is 0 Å². The zero-order valence-electron chi connectivity index (χ0n) is 16.3. The molecule has 1 aliphatic heterocycles. The van der Waals surface area contributed by atoms with Crippen LogP contribution in [0.4, 0.5) is 5.69 Å². The molecule has 2 amide bonds. The highest BCUT2D eigenvalue weighted by atomic mass is 35.5. The Hall–Kier alpha value is -3.59. The lowest BCUT2D eigenvalue weighted by Gasteiger charge is -2.07. The van der Waals surface area contributed by atoms with Crippen molar-refractivity contribution in [2.24, 2.45) is 10.1 Å². The second-order valence-electron chi connectivity index (χ2n) is 6.23. The molecule has 0 aliphatic carbocycles. The van der Waals surface area contributed by atoms with Gasteiger partial charge in [0, 0.05) is 10.7 Å². The molecule has 0 saturated heterocycles. The van der Waals surface area contributed by atoms with Crippen LogP contribution >= 0.6 is 11.6 Å². The number of nitrogens with one attached hydrogen (secondary N) is 3. The minimum absolute atomic E-state index is 0.108. The molecule has 0 fully saturated rings. The number of benzene rings is 2. The van der Waals surface area contributed by atoms with Gasteiger partial charge in [0.15, 0.2) is 11.5 Å². The van der Waals surface area contributed by atoms with E-state index >= 15 is 0 Å². The lowest BCUT2D eigenvalue weighted by Crippen LogP contribution is -2.35. The maximum atomic E-state index is 12.2. The Morgan fingerprint density at radius 1 is 1.23 bits per heavy atom. The van der Waals surface area contributed by atoms with Crippen LogP contribution in [0, 0.1) is 0 Å². The molecule has 30 heavy (non-hydrogen) atoms. The SMILES string of the molecule is COc1ccc(C=NNC2=NC(CC(=O)Nc3cccc(Cl)c3)C(=O)N2)cc1OC. The molecule has 1 unspecified atom stereocenters. The van der Waals surface area contributed by atoms with Gasteiger partial charge in [-0.1, -0.05) is 17.7 Å². The molecule has 2 aromatic rings. The number of rotatable bonds is 7. The summed E-state index contributed by atoms with van der Waals surface area (Å²) in [4.78, 5) is 28.4. The van der Waals surface area contributed by atoms with E-state index < -0.39 is 6.04 Å². The number of anilines is 1. The standard InChI is InChI=1S/C20H20ClN5O4/c1-29-16-7-6-12(8-17(16)30-2)11-22-26-20-24-15(19(28)25-20)10-18(27)23-14-5-3-4-13(21)9-14/h3-9,11,15H,10H2,1-2H3,(H,23,27)(H2,24,25,26,28). The molecule has 0 saturated carbocycles. The Labute approximate surface area is 178 Å². The quantitative estimate of drug-likeness (QED) is 0.461. The number of carbonyl (C=O) groups is 2. The Balaban J connectivity index is 1.56. The van der Waals surface area contributed by atoms with E-state index in [0.29, 0.717) is 22.2 Å².